The van der Waals surface area contributed by atoms with Crippen LogP contribution < -0.4 is 4.74 Å². The van der Waals surface area contributed by atoms with Crippen LogP contribution in [0.2, 0.25) is 0 Å². The lowest BCUT2D eigenvalue weighted by molar-refractivity contribution is 0.484. The molecular formula is C42H26N4O. The minimum atomic E-state index is 0.756. The Morgan fingerprint density at radius 1 is 0.447 bits per heavy atom. The highest BCUT2D eigenvalue weighted by Crippen LogP contribution is 2.38. The second kappa shape index (κ2) is 10.0. The van der Waals surface area contributed by atoms with Gasteiger partial charge in [-0.15, -0.1) is 0 Å². The quantitative estimate of drug-likeness (QED) is 0.188. The lowest BCUT2D eigenvalue weighted by atomic mass is 10.0. The molecule has 0 radical (unpaired) electrons. The van der Waals surface area contributed by atoms with Gasteiger partial charge in [0.05, 0.1) is 27.6 Å². The second-order valence-electron chi connectivity index (χ2n) is 11.9. The van der Waals surface area contributed by atoms with Crippen molar-refractivity contribution in [3.63, 3.8) is 0 Å². The first kappa shape index (κ1) is 25.8. The maximum absolute atomic E-state index is 6.62. The van der Waals surface area contributed by atoms with Gasteiger partial charge in [0.1, 0.15) is 23.0 Å². The number of hydrogen-bond donors (Lipinski definition) is 0. The zero-order chi connectivity index (χ0) is 30.9. The molecule has 4 heterocycles. The first-order valence-electron chi connectivity index (χ1n) is 15.7. The van der Waals surface area contributed by atoms with Gasteiger partial charge < -0.3 is 4.74 Å². The van der Waals surface area contributed by atoms with E-state index in [1.54, 1.807) is 0 Å². The average Bonchev–Trinajstić information content (AvgIpc) is 3.69. The number of ether oxygens (including phenoxy) is 1. The van der Waals surface area contributed by atoms with Gasteiger partial charge in [0, 0.05) is 33.8 Å². The summed E-state index contributed by atoms with van der Waals surface area (Å²) in [5, 5.41) is 5.69. The van der Waals surface area contributed by atoms with Crippen molar-refractivity contribution in [2.45, 2.75) is 0 Å². The maximum atomic E-state index is 6.62. The smallest absolute Gasteiger partial charge is 0.146 e. The van der Waals surface area contributed by atoms with Crippen LogP contribution in [0.25, 0.3) is 77.1 Å². The Morgan fingerprint density at radius 2 is 1.15 bits per heavy atom. The molecule has 0 saturated carbocycles. The van der Waals surface area contributed by atoms with Crippen LogP contribution in [0.5, 0.6) is 11.5 Å². The predicted octanol–water partition coefficient (Wildman–Crippen LogP) is 10.7. The molecule has 0 spiro atoms. The molecule has 5 heteroatoms. The summed E-state index contributed by atoms with van der Waals surface area (Å²) in [5.74, 6) is 2.39. The number of benzene rings is 6. The summed E-state index contributed by atoms with van der Waals surface area (Å²) in [6, 6.07) is 52.7. The van der Waals surface area contributed by atoms with Gasteiger partial charge >= 0.3 is 0 Å². The highest BCUT2D eigenvalue weighted by molar-refractivity contribution is 6.15. The fourth-order valence-electron chi connectivity index (χ4n) is 7.09. The van der Waals surface area contributed by atoms with Crippen LogP contribution in [-0.4, -0.2) is 18.9 Å². The summed E-state index contributed by atoms with van der Waals surface area (Å²) < 4.78 is 11.1. The monoisotopic (exact) mass is 602 g/mol. The molecule has 10 rings (SSSR count). The minimum Gasteiger partial charge on any atom is -0.457 e. The molecule has 0 unspecified atom stereocenters. The standard InChI is InChI=1S/C42H26N4O/c1-2-10-27(11-3-1)28-17-20-33-31-21-18-29(25-35(31)42-44-36-13-5-7-15-38(36)46(42)39(33)24-28)47-30-19-22-34-32-12-4-6-14-37(32)45(40(34)26-30)41-16-8-9-23-43-41/h1-26H. The Bertz CT molecular complexity index is 2820. The number of pyridine rings is 2. The van der Waals surface area contributed by atoms with Gasteiger partial charge in [-0.05, 0) is 83.2 Å². The van der Waals surface area contributed by atoms with Crippen molar-refractivity contribution in [2.75, 3.05) is 0 Å². The number of fused-ring (bicyclic) bond motifs is 11. The zero-order valence-corrected chi connectivity index (χ0v) is 25.2. The largest absolute Gasteiger partial charge is 0.457 e. The molecule has 6 aromatic carbocycles. The molecule has 220 valence electrons. The summed E-state index contributed by atoms with van der Waals surface area (Å²) in [7, 11) is 0. The van der Waals surface area contributed by atoms with E-state index < -0.39 is 0 Å². The van der Waals surface area contributed by atoms with E-state index in [1.807, 2.05) is 36.5 Å². The molecule has 0 saturated heterocycles. The number of imidazole rings is 1. The first-order chi connectivity index (χ1) is 23.3. The van der Waals surface area contributed by atoms with Gasteiger partial charge in [-0.2, -0.15) is 0 Å². The number of hydrogen-bond acceptors (Lipinski definition) is 3. The third kappa shape index (κ3) is 3.97. The van der Waals surface area contributed by atoms with Crippen LogP contribution in [0.4, 0.5) is 0 Å². The molecule has 4 aromatic heterocycles. The molecule has 0 atom stereocenters. The van der Waals surface area contributed by atoms with Crippen molar-refractivity contribution in [1.29, 1.82) is 0 Å². The molecule has 0 aliphatic rings. The van der Waals surface area contributed by atoms with Gasteiger partial charge in [0.15, 0.2) is 0 Å². The fourth-order valence-corrected chi connectivity index (χ4v) is 7.09. The van der Waals surface area contributed by atoms with Gasteiger partial charge in [0.25, 0.3) is 0 Å². The van der Waals surface area contributed by atoms with Crippen LogP contribution in [0.1, 0.15) is 0 Å². The Balaban J connectivity index is 1.16. The second-order valence-corrected chi connectivity index (χ2v) is 11.9. The molecule has 5 nitrogen and oxygen atoms in total. The van der Waals surface area contributed by atoms with E-state index in [2.05, 4.69) is 135 Å². The lowest BCUT2D eigenvalue weighted by Crippen LogP contribution is -1.96. The predicted molar refractivity (Wildman–Crippen MR) is 192 cm³/mol. The van der Waals surface area contributed by atoms with E-state index >= 15 is 0 Å². The third-order valence-electron chi connectivity index (χ3n) is 9.19. The SMILES string of the molecule is c1ccc(-c2ccc3c4ccc(Oc5ccc6c7ccccc7n(-c7ccccn7)c6c5)cc4c4nc5ccccc5n4c3c2)cc1. The van der Waals surface area contributed by atoms with Gasteiger partial charge in [-0.1, -0.05) is 78.9 Å². The maximum Gasteiger partial charge on any atom is 0.146 e. The topological polar surface area (TPSA) is 44.3 Å². The molecule has 0 bridgehead atoms. The Kier molecular flexibility index (Phi) is 5.51. The summed E-state index contributed by atoms with van der Waals surface area (Å²) in [6.45, 7) is 0. The highest BCUT2D eigenvalue weighted by atomic mass is 16.5. The molecule has 0 fully saturated rings. The van der Waals surface area contributed by atoms with Crippen LogP contribution in [0.15, 0.2) is 158 Å². The van der Waals surface area contributed by atoms with Crippen molar-refractivity contribution >= 4 is 60.2 Å². The molecule has 10 aromatic rings. The summed E-state index contributed by atoms with van der Waals surface area (Å²) in [6.07, 6.45) is 1.83. The molecule has 0 amide bonds. The average molecular weight is 603 g/mol. The molecular weight excluding hydrogens is 576 g/mol. The van der Waals surface area contributed by atoms with Crippen LogP contribution in [0, 0.1) is 0 Å². The lowest BCUT2D eigenvalue weighted by Gasteiger charge is -2.13. The number of aromatic nitrogens is 4. The Hall–Kier alpha value is -6.46. The summed E-state index contributed by atoms with van der Waals surface area (Å²) in [5.41, 5.74) is 8.61. The summed E-state index contributed by atoms with van der Waals surface area (Å²) in [4.78, 5) is 9.83. The minimum absolute atomic E-state index is 0.756. The van der Waals surface area contributed by atoms with E-state index in [0.717, 1.165) is 66.7 Å². The van der Waals surface area contributed by atoms with Crippen molar-refractivity contribution in [1.82, 2.24) is 18.9 Å². The fraction of sp³-hybridized carbons (Fsp3) is 0. The Labute approximate surface area is 269 Å². The van der Waals surface area contributed by atoms with Crippen LogP contribution >= 0.6 is 0 Å². The van der Waals surface area contributed by atoms with Gasteiger partial charge in [-0.25, -0.2) is 9.97 Å². The highest BCUT2D eigenvalue weighted by Gasteiger charge is 2.17. The molecule has 0 aliphatic heterocycles. The van der Waals surface area contributed by atoms with E-state index in [-0.39, 0.29) is 0 Å². The molecule has 0 aliphatic carbocycles. The summed E-state index contributed by atoms with van der Waals surface area (Å²) >= 11 is 0. The van der Waals surface area contributed by atoms with E-state index in [4.69, 9.17) is 9.72 Å². The number of para-hydroxylation sites is 3. The Morgan fingerprint density at radius 3 is 2.02 bits per heavy atom. The molecule has 47 heavy (non-hydrogen) atoms. The van der Waals surface area contributed by atoms with Gasteiger partial charge in [-0.3, -0.25) is 8.97 Å². The normalized spacial score (nSPS) is 11.8. The number of rotatable bonds is 4. The van der Waals surface area contributed by atoms with E-state index in [9.17, 15) is 0 Å². The van der Waals surface area contributed by atoms with E-state index in [1.165, 1.54) is 21.9 Å². The van der Waals surface area contributed by atoms with Crippen molar-refractivity contribution in [3.8, 4) is 28.4 Å². The third-order valence-corrected chi connectivity index (χ3v) is 9.19. The van der Waals surface area contributed by atoms with Crippen molar-refractivity contribution in [3.05, 3.63) is 158 Å². The van der Waals surface area contributed by atoms with Crippen molar-refractivity contribution < 1.29 is 4.74 Å². The van der Waals surface area contributed by atoms with Crippen LogP contribution in [-0.2, 0) is 0 Å². The molecule has 0 N–H and O–H groups in total. The number of nitrogens with zero attached hydrogens (tertiary/aromatic N) is 4. The van der Waals surface area contributed by atoms with Crippen LogP contribution in [0.3, 0.4) is 0 Å². The zero-order valence-electron chi connectivity index (χ0n) is 25.2. The first-order valence-corrected chi connectivity index (χ1v) is 15.7. The van der Waals surface area contributed by atoms with Gasteiger partial charge in [0.2, 0.25) is 0 Å². The van der Waals surface area contributed by atoms with Crippen molar-refractivity contribution in [2.24, 2.45) is 0 Å². The van der Waals surface area contributed by atoms with E-state index in [0.29, 0.717) is 0 Å².